The van der Waals surface area contributed by atoms with Gasteiger partial charge >= 0.3 is 5.63 Å². The van der Waals surface area contributed by atoms with Crippen molar-refractivity contribution in [1.82, 2.24) is 9.80 Å². The van der Waals surface area contributed by atoms with Gasteiger partial charge in [0.1, 0.15) is 18.1 Å². The molecule has 6 nitrogen and oxygen atoms in total. The van der Waals surface area contributed by atoms with Crippen molar-refractivity contribution < 1.29 is 13.9 Å². The molecular weight excluding hydrogens is 368 g/mol. The van der Waals surface area contributed by atoms with Crippen molar-refractivity contribution in [1.29, 1.82) is 0 Å². The largest absolute Gasteiger partial charge is 0.478 e. The minimum absolute atomic E-state index is 0.338. The fraction of sp³-hybridized carbons (Fsp3) is 0.348. The molecule has 29 heavy (non-hydrogen) atoms. The van der Waals surface area contributed by atoms with Crippen LogP contribution in [0.25, 0.3) is 22.1 Å². The third-order valence-corrected chi connectivity index (χ3v) is 5.68. The number of hydrogen-bond donors (Lipinski definition) is 0. The summed E-state index contributed by atoms with van der Waals surface area (Å²) in [5.41, 5.74) is 3.14. The molecule has 2 aliphatic heterocycles. The van der Waals surface area contributed by atoms with E-state index in [9.17, 15) is 4.79 Å². The first-order valence-electron chi connectivity index (χ1n) is 10.1. The second kappa shape index (κ2) is 7.99. The molecule has 0 aliphatic carbocycles. The number of nitrogens with zero attached hydrogens (tertiary/aromatic N) is 2. The number of ether oxygens (including phenoxy) is 2. The zero-order valence-corrected chi connectivity index (χ0v) is 16.3. The first kappa shape index (κ1) is 18.4. The van der Waals surface area contributed by atoms with Gasteiger partial charge < -0.3 is 13.9 Å². The van der Waals surface area contributed by atoms with Crippen LogP contribution < -0.4 is 10.4 Å². The topological polar surface area (TPSA) is 55.2 Å². The summed E-state index contributed by atoms with van der Waals surface area (Å²) in [4.78, 5) is 17.0. The average Bonchev–Trinajstić information content (AvgIpc) is 2.78. The van der Waals surface area contributed by atoms with E-state index in [2.05, 4.69) is 9.80 Å². The third kappa shape index (κ3) is 3.79. The normalized spacial score (nSPS) is 17.8. The van der Waals surface area contributed by atoms with E-state index in [1.165, 1.54) is 0 Å². The van der Waals surface area contributed by atoms with Crippen LogP contribution in [0.3, 0.4) is 0 Å². The van der Waals surface area contributed by atoms with Crippen LogP contribution in [0.2, 0.25) is 0 Å². The summed E-state index contributed by atoms with van der Waals surface area (Å²) in [5.74, 6) is 0.800. The lowest BCUT2D eigenvalue weighted by atomic mass is 9.99. The predicted molar refractivity (Wildman–Crippen MR) is 111 cm³/mol. The molecule has 2 aromatic carbocycles. The molecule has 6 heteroatoms. The number of rotatable bonds is 4. The fourth-order valence-corrected chi connectivity index (χ4v) is 4.09. The van der Waals surface area contributed by atoms with Crippen LogP contribution in [-0.4, -0.2) is 55.9 Å². The van der Waals surface area contributed by atoms with Gasteiger partial charge in [0, 0.05) is 44.2 Å². The Bertz CT molecular complexity index is 1060. The van der Waals surface area contributed by atoms with Gasteiger partial charge in [-0.3, -0.25) is 9.80 Å². The molecule has 0 atom stereocenters. The summed E-state index contributed by atoms with van der Waals surface area (Å²) < 4.78 is 17.1. The highest BCUT2D eigenvalue weighted by atomic mass is 16.5. The van der Waals surface area contributed by atoms with Crippen molar-refractivity contribution >= 4 is 11.0 Å². The van der Waals surface area contributed by atoms with Crippen molar-refractivity contribution in [3.05, 3.63) is 64.5 Å². The summed E-state index contributed by atoms with van der Waals surface area (Å²) in [6.07, 6.45) is 0. The Morgan fingerprint density at radius 2 is 1.72 bits per heavy atom. The van der Waals surface area contributed by atoms with Crippen molar-refractivity contribution in [2.45, 2.75) is 6.54 Å². The van der Waals surface area contributed by atoms with Gasteiger partial charge in [0.2, 0.25) is 0 Å². The summed E-state index contributed by atoms with van der Waals surface area (Å²) in [6.45, 7) is 6.69. The highest BCUT2D eigenvalue weighted by molar-refractivity contribution is 5.95. The SMILES string of the molecule is O=c1cc(-c2ccccc2)c2ccc3c(c2o1)CN(CCN1CCOCC1)CO3. The molecule has 1 saturated heterocycles. The molecule has 0 spiro atoms. The van der Waals surface area contributed by atoms with Crippen LogP contribution in [0, 0.1) is 0 Å². The molecule has 150 valence electrons. The Morgan fingerprint density at radius 1 is 0.931 bits per heavy atom. The molecule has 5 rings (SSSR count). The lowest BCUT2D eigenvalue weighted by molar-refractivity contribution is 0.0241. The lowest BCUT2D eigenvalue weighted by Crippen LogP contribution is -2.43. The van der Waals surface area contributed by atoms with Crippen LogP contribution in [0.15, 0.2) is 57.7 Å². The van der Waals surface area contributed by atoms with E-state index in [4.69, 9.17) is 13.9 Å². The Labute approximate surface area is 169 Å². The van der Waals surface area contributed by atoms with Crippen molar-refractivity contribution in [2.24, 2.45) is 0 Å². The molecule has 0 saturated carbocycles. The monoisotopic (exact) mass is 392 g/mol. The number of morpholine rings is 1. The summed E-state index contributed by atoms with van der Waals surface area (Å²) in [5, 5.41) is 0.938. The molecule has 1 aromatic heterocycles. The van der Waals surface area contributed by atoms with Crippen molar-refractivity contribution in [2.75, 3.05) is 46.1 Å². The molecule has 0 unspecified atom stereocenters. The van der Waals surface area contributed by atoms with E-state index in [1.54, 1.807) is 6.07 Å². The first-order chi connectivity index (χ1) is 14.3. The highest BCUT2D eigenvalue weighted by Crippen LogP contribution is 2.35. The Kier molecular flexibility index (Phi) is 5.06. The van der Waals surface area contributed by atoms with E-state index in [0.717, 1.165) is 67.2 Å². The predicted octanol–water partition coefficient (Wildman–Crippen LogP) is 2.94. The molecule has 0 radical (unpaired) electrons. The second-order valence-corrected chi connectivity index (χ2v) is 7.54. The molecule has 2 aliphatic rings. The molecule has 1 fully saturated rings. The van der Waals surface area contributed by atoms with Crippen LogP contribution in [0.4, 0.5) is 0 Å². The van der Waals surface area contributed by atoms with E-state index in [0.29, 0.717) is 18.9 Å². The maximum atomic E-state index is 12.3. The van der Waals surface area contributed by atoms with Crippen molar-refractivity contribution in [3.63, 3.8) is 0 Å². The zero-order chi connectivity index (χ0) is 19.6. The summed E-state index contributed by atoms with van der Waals surface area (Å²) >= 11 is 0. The number of hydrogen-bond acceptors (Lipinski definition) is 6. The molecule has 3 aromatic rings. The molecular formula is C23H24N2O4. The van der Waals surface area contributed by atoms with Crippen LogP contribution in [-0.2, 0) is 11.3 Å². The maximum Gasteiger partial charge on any atom is 0.336 e. The smallest absolute Gasteiger partial charge is 0.336 e. The van der Waals surface area contributed by atoms with Crippen LogP contribution >= 0.6 is 0 Å². The second-order valence-electron chi connectivity index (χ2n) is 7.54. The van der Waals surface area contributed by atoms with E-state index in [1.807, 2.05) is 42.5 Å². The van der Waals surface area contributed by atoms with Crippen molar-refractivity contribution in [3.8, 4) is 16.9 Å². The van der Waals surface area contributed by atoms with Gasteiger partial charge in [0.15, 0.2) is 0 Å². The standard InChI is InChI=1S/C23H24N2O4/c26-22-14-19(17-4-2-1-3-5-17)18-6-7-21-20(23(18)29-22)15-25(16-28-21)9-8-24-10-12-27-13-11-24/h1-7,14H,8-13,15-16H2. The molecule has 0 bridgehead atoms. The minimum atomic E-state index is -0.338. The highest BCUT2D eigenvalue weighted by Gasteiger charge is 2.23. The van der Waals surface area contributed by atoms with Crippen LogP contribution in [0.1, 0.15) is 5.56 Å². The van der Waals surface area contributed by atoms with Crippen LogP contribution in [0.5, 0.6) is 5.75 Å². The number of fused-ring (bicyclic) bond motifs is 3. The Morgan fingerprint density at radius 3 is 2.55 bits per heavy atom. The zero-order valence-electron chi connectivity index (χ0n) is 16.3. The van der Waals surface area contributed by atoms with E-state index < -0.39 is 0 Å². The van der Waals surface area contributed by atoms with Gasteiger partial charge in [-0.05, 0) is 23.3 Å². The maximum absolute atomic E-state index is 12.3. The minimum Gasteiger partial charge on any atom is -0.478 e. The van der Waals surface area contributed by atoms with Gasteiger partial charge in [-0.2, -0.15) is 0 Å². The summed E-state index contributed by atoms with van der Waals surface area (Å²) in [6, 6.07) is 15.5. The van der Waals surface area contributed by atoms with Gasteiger partial charge in [-0.1, -0.05) is 30.3 Å². The molecule has 0 amide bonds. The summed E-state index contributed by atoms with van der Waals surface area (Å²) in [7, 11) is 0. The third-order valence-electron chi connectivity index (χ3n) is 5.68. The average molecular weight is 392 g/mol. The van der Waals surface area contributed by atoms with Gasteiger partial charge in [-0.25, -0.2) is 4.79 Å². The lowest BCUT2D eigenvalue weighted by Gasteiger charge is -2.32. The molecule has 0 N–H and O–H groups in total. The Balaban J connectivity index is 1.46. The Hall–Kier alpha value is -2.67. The van der Waals surface area contributed by atoms with Gasteiger partial charge in [-0.15, -0.1) is 0 Å². The van der Waals surface area contributed by atoms with E-state index in [-0.39, 0.29) is 5.63 Å². The molecule has 3 heterocycles. The van der Waals surface area contributed by atoms with E-state index >= 15 is 0 Å². The van der Waals surface area contributed by atoms with Gasteiger partial charge in [0.25, 0.3) is 0 Å². The number of benzene rings is 2. The fourth-order valence-electron chi connectivity index (χ4n) is 4.09. The quantitative estimate of drug-likeness (QED) is 0.637. The van der Waals surface area contributed by atoms with Gasteiger partial charge in [0.05, 0.1) is 18.8 Å². The first-order valence-corrected chi connectivity index (χ1v) is 10.1.